The van der Waals surface area contributed by atoms with Crippen LogP contribution in [-0.4, -0.2) is 20.8 Å². The van der Waals surface area contributed by atoms with Crippen LogP contribution in [0.2, 0.25) is 0 Å². The quantitative estimate of drug-likeness (QED) is 0.508. The standard InChI is InChI=1S/C8H9N5.ClH/c9-7(10)3-8-12-5-1-2-11-4-6(5)13-8;/h1-2,4H,3H2,(H3,9,10)(H,12,13);1H. The monoisotopic (exact) mass is 211 g/mol. The van der Waals surface area contributed by atoms with Crippen molar-refractivity contribution in [3.05, 3.63) is 24.3 Å². The molecule has 4 N–H and O–H groups in total. The van der Waals surface area contributed by atoms with Crippen LogP contribution < -0.4 is 5.73 Å². The Morgan fingerprint density at radius 2 is 2.36 bits per heavy atom. The van der Waals surface area contributed by atoms with Gasteiger partial charge in [-0.2, -0.15) is 0 Å². The Kier molecular flexibility index (Phi) is 3.03. The summed E-state index contributed by atoms with van der Waals surface area (Å²) in [7, 11) is 0. The SMILES string of the molecule is Cl.N=C(N)Cc1nc2ccncc2[nH]1. The molecule has 14 heavy (non-hydrogen) atoms. The van der Waals surface area contributed by atoms with E-state index in [0.717, 1.165) is 11.0 Å². The fraction of sp³-hybridized carbons (Fsp3) is 0.125. The number of fused-ring (bicyclic) bond motifs is 1. The third kappa shape index (κ3) is 2.00. The van der Waals surface area contributed by atoms with Crippen LogP contribution in [0, 0.1) is 5.41 Å². The maximum absolute atomic E-state index is 7.11. The third-order valence-corrected chi connectivity index (χ3v) is 1.69. The molecule has 0 fully saturated rings. The van der Waals surface area contributed by atoms with Gasteiger partial charge in [0, 0.05) is 6.20 Å². The molecule has 0 aliphatic heterocycles. The van der Waals surface area contributed by atoms with E-state index in [1.165, 1.54) is 0 Å². The molecule has 0 aliphatic carbocycles. The molecular weight excluding hydrogens is 202 g/mol. The summed E-state index contributed by atoms with van der Waals surface area (Å²) in [5, 5.41) is 7.11. The van der Waals surface area contributed by atoms with Crippen molar-refractivity contribution in [2.24, 2.45) is 5.73 Å². The molecule has 0 radical (unpaired) electrons. The highest BCUT2D eigenvalue weighted by Gasteiger charge is 2.02. The molecular formula is C8H10ClN5. The Morgan fingerprint density at radius 3 is 3.00 bits per heavy atom. The Labute approximate surface area is 86.7 Å². The van der Waals surface area contributed by atoms with Gasteiger partial charge >= 0.3 is 0 Å². The number of aromatic amines is 1. The molecule has 0 aliphatic rings. The van der Waals surface area contributed by atoms with E-state index in [0.29, 0.717) is 12.2 Å². The number of amidine groups is 1. The normalized spacial score (nSPS) is 9.71. The summed E-state index contributed by atoms with van der Waals surface area (Å²) < 4.78 is 0. The first kappa shape index (κ1) is 10.5. The zero-order chi connectivity index (χ0) is 9.26. The molecule has 0 bridgehead atoms. The molecule has 0 unspecified atom stereocenters. The summed E-state index contributed by atoms with van der Waals surface area (Å²) >= 11 is 0. The van der Waals surface area contributed by atoms with Crippen molar-refractivity contribution in [3.8, 4) is 0 Å². The summed E-state index contributed by atoms with van der Waals surface area (Å²) in [6, 6.07) is 1.81. The highest BCUT2D eigenvalue weighted by molar-refractivity contribution is 5.85. The second kappa shape index (κ2) is 4.06. The van der Waals surface area contributed by atoms with Gasteiger partial charge in [-0.1, -0.05) is 0 Å². The lowest BCUT2D eigenvalue weighted by molar-refractivity contribution is 1.08. The topological polar surface area (TPSA) is 91.4 Å². The van der Waals surface area contributed by atoms with Crippen LogP contribution in [0.4, 0.5) is 0 Å². The number of nitrogens with one attached hydrogen (secondary N) is 2. The Balaban J connectivity index is 0.000000980. The first-order valence-electron chi connectivity index (χ1n) is 3.87. The van der Waals surface area contributed by atoms with Crippen LogP contribution in [0.1, 0.15) is 5.82 Å². The van der Waals surface area contributed by atoms with Crippen LogP contribution in [-0.2, 0) is 6.42 Å². The highest BCUT2D eigenvalue weighted by atomic mass is 35.5. The van der Waals surface area contributed by atoms with Gasteiger partial charge in [0.2, 0.25) is 0 Å². The van der Waals surface area contributed by atoms with E-state index in [-0.39, 0.29) is 18.2 Å². The largest absolute Gasteiger partial charge is 0.387 e. The lowest BCUT2D eigenvalue weighted by atomic mass is 10.4. The van der Waals surface area contributed by atoms with E-state index in [2.05, 4.69) is 15.0 Å². The fourth-order valence-corrected chi connectivity index (χ4v) is 1.17. The van der Waals surface area contributed by atoms with E-state index in [4.69, 9.17) is 11.1 Å². The Morgan fingerprint density at radius 1 is 1.57 bits per heavy atom. The predicted molar refractivity (Wildman–Crippen MR) is 56.8 cm³/mol. The molecule has 2 aromatic rings. The number of nitrogens with zero attached hydrogens (tertiary/aromatic N) is 2. The van der Waals surface area contributed by atoms with Gasteiger partial charge in [0.15, 0.2) is 0 Å². The Bertz CT molecular complexity index is 417. The van der Waals surface area contributed by atoms with Gasteiger partial charge < -0.3 is 10.7 Å². The number of hydrogen-bond donors (Lipinski definition) is 3. The minimum atomic E-state index is 0. The summed E-state index contributed by atoms with van der Waals surface area (Å²) in [5.74, 6) is 0.808. The van der Waals surface area contributed by atoms with E-state index < -0.39 is 0 Å². The number of rotatable bonds is 2. The van der Waals surface area contributed by atoms with Gasteiger partial charge in [-0.3, -0.25) is 10.4 Å². The van der Waals surface area contributed by atoms with Crippen molar-refractivity contribution in [1.82, 2.24) is 15.0 Å². The number of H-pyrrole nitrogens is 1. The average molecular weight is 212 g/mol. The second-order valence-corrected chi connectivity index (χ2v) is 2.78. The Hall–Kier alpha value is -1.62. The van der Waals surface area contributed by atoms with Crippen LogP contribution in [0.3, 0.4) is 0 Å². The van der Waals surface area contributed by atoms with Crippen LogP contribution in [0.15, 0.2) is 18.5 Å². The van der Waals surface area contributed by atoms with Crippen molar-refractivity contribution in [2.75, 3.05) is 0 Å². The van der Waals surface area contributed by atoms with E-state index in [1.807, 2.05) is 6.07 Å². The second-order valence-electron chi connectivity index (χ2n) is 2.78. The first-order valence-corrected chi connectivity index (χ1v) is 3.87. The van der Waals surface area contributed by atoms with Gasteiger partial charge in [0.25, 0.3) is 0 Å². The molecule has 2 heterocycles. The fourth-order valence-electron chi connectivity index (χ4n) is 1.17. The molecule has 0 amide bonds. The molecule has 0 spiro atoms. The smallest absolute Gasteiger partial charge is 0.114 e. The van der Waals surface area contributed by atoms with Gasteiger partial charge in [-0.15, -0.1) is 12.4 Å². The lowest BCUT2D eigenvalue weighted by Gasteiger charge is -1.90. The van der Waals surface area contributed by atoms with Gasteiger partial charge in [-0.25, -0.2) is 4.98 Å². The van der Waals surface area contributed by atoms with Crippen LogP contribution in [0.25, 0.3) is 11.0 Å². The van der Waals surface area contributed by atoms with Crippen molar-refractivity contribution < 1.29 is 0 Å². The molecule has 6 heteroatoms. The van der Waals surface area contributed by atoms with Crippen molar-refractivity contribution in [3.63, 3.8) is 0 Å². The van der Waals surface area contributed by atoms with Gasteiger partial charge in [0.1, 0.15) is 5.82 Å². The molecule has 74 valence electrons. The van der Waals surface area contributed by atoms with Crippen LogP contribution in [0.5, 0.6) is 0 Å². The predicted octanol–water partition coefficient (Wildman–Crippen LogP) is 0.858. The molecule has 0 saturated carbocycles. The minimum Gasteiger partial charge on any atom is -0.387 e. The summed E-state index contributed by atoms with van der Waals surface area (Å²) in [6.07, 6.45) is 3.74. The number of hydrogen-bond acceptors (Lipinski definition) is 3. The summed E-state index contributed by atoms with van der Waals surface area (Å²) in [6.45, 7) is 0. The van der Waals surface area contributed by atoms with Crippen molar-refractivity contribution >= 4 is 29.3 Å². The summed E-state index contributed by atoms with van der Waals surface area (Å²) in [4.78, 5) is 11.2. The van der Waals surface area contributed by atoms with Gasteiger partial charge in [0.05, 0.1) is 29.5 Å². The minimum absolute atomic E-state index is 0. The summed E-state index contributed by atoms with van der Waals surface area (Å²) in [5.41, 5.74) is 6.98. The molecule has 2 rings (SSSR count). The molecule has 0 saturated heterocycles. The lowest BCUT2D eigenvalue weighted by Crippen LogP contribution is -2.13. The maximum Gasteiger partial charge on any atom is 0.114 e. The number of nitrogens with two attached hydrogens (primary N) is 1. The zero-order valence-corrected chi connectivity index (χ0v) is 8.14. The highest BCUT2D eigenvalue weighted by Crippen LogP contribution is 2.08. The van der Waals surface area contributed by atoms with Crippen molar-refractivity contribution in [1.29, 1.82) is 5.41 Å². The third-order valence-electron chi connectivity index (χ3n) is 1.69. The van der Waals surface area contributed by atoms with E-state index in [9.17, 15) is 0 Å². The van der Waals surface area contributed by atoms with Gasteiger partial charge in [-0.05, 0) is 6.07 Å². The first-order chi connectivity index (χ1) is 6.25. The number of pyridine rings is 1. The molecule has 2 aromatic heterocycles. The van der Waals surface area contributed by atoms with Crippen molar-refractivity contribution in [2.45, 2.75) is 6.42 Å². The van der Waals surface area contributed by atoms with E-state index in [1.54, 1.807) is 12.4 Å². The van der Waals surface area contributed by atoms with Crippen LogP contribution >= 0.6 is 12.4 Å². The molecule has 0 aromatic carbocycles. The number of imidazole rings is 1. The zero-order valence-electron chi connectivity index (χ0n) is 7.32. The van der Waals surface area contributed by atoms with E-state index >= 15 is 0 Å². The molecule has 5 nitrogen and oxygen atoms in total. The maximum atomic E-state index is 7.11. The number of halogens is 1. The average Bonchev–Trinajstić information content (AvgIpc) is 2.44. The molecule has 0 atom stereocenters. The number of aromatic nitrogens is 3.